The molecule has 0 bridgehead atoms. The summed E-state index contributed by atoms with van der Waals surface area (Å²) in [6.07, 6.45) is 2.96. The van der Waals surface area contributed by atoms with Crippen LogP contribution in [0.15, 0.2) is 25.8 Å². The Labute approximate surface area is 400 Å². The van der Waals surface area contributed by atoms with Crippen molar-refractivity contribution >= 4 is 111 Å². The van der Waals surface area contributed by atoms with Crippen LogP contribution in [0.25, 0.3) is 0 Å². The van der Waals surface area contributed by atoms with E-state index < -0.39 is 111 Å². The summed E-state index contributed by atoms with van der Waals surface area (Å²) in [6.45, 7) is 77.2. The molecule has 0 aliphatic carbocycles. The van der Waals surface area contributed by atoms with Gasteiger partial charge in [-0.3, -0.25) is 0 Å². The van der Waals surface area contributed by atoms with E-state index in [0.29, 0.717) is 0 Å². The maximum atomic E-state index is 6.70. The molecule has 0 rings (SSSR count). The molecule has 0 aromatic heterocycles. The highest BCUT2D eigenvalue weighted by molar-refractivity contribution is 6.90. The van der Waals surface area contributed by atoms with Crippen molar-refractivity contribution in [2.75, 3.05) is 0 Å². The predicted molar refractivity (Wildman–Crippen MR) is 313 cm³/mol. The summed E-state index contributed by atoms with van der Waals surface area (Å²) >= 11 is 0. The Hall–Kier alpha value is 1.98. The summed E-state index contributed by atoms with van der Waals surface area (Å²) in [7, 11) is -19.5. The molecule has 372 valence electrons. The van der Waals surface area contributed by atoms with Gasteiger partial charge >= 0.3 is 25.7 Å². The quantitative estimate of drug-likeness (QED) is 0.0699. The van der Waals surface area contributed by atoms with Crippen LogP contribution in [0.2, 0.25) is 214 Å². The fourth-order valence-corrected chi connectivity index (χ4v) is 65.1. The van der Waals surface area contributed by atoms with Crippen LogP contribution in [-0.2, 0) is 32.9 Å². The smallest absolute Gasteiger partial charge is 0.311 e. The number of hydrogen-bond acceptors (Lipinski definition) is 8. The van der Waals surface area contributed by atoms with E-state index in [1.165, 1.54) is 36.6 Å². The van der Waals surface area contributed by atoms with Gasteiger partial charge in [0.2, 0.25) is 0 Å². The van der Waals surface area contributed by atoms with Crippen LogP contribution < -0.4 is 0 Å². The highest BCUT2D eigenvalue weighted by atomic mass is 28.5. The number of allylic oxidation sites excluding steroid dienone is 1. The van der Waals surface area contributed by atoms with Crippen molar-refractivity contribution in [1.82, 2.24) is 0 Å². The average Bonchev–Trinajstić information content (AvgIpc) is 2.91. The standard InChI is InChI=1S/C16H44O3Si5.C13H38O3Si5.C6H20O2Si3.C3H6.C2H4/c1-13-14-21(5,6)18-24(11,12)19-23(9,10)16-15-22(7,8)17-20(2,3)4;1-17(2)14-21(10,11)16-20(8,9)13-12-19(6,7)15-18(3,4)5;1-9(2)7-11(5,6)8-10(3)4;1-3-2;1-2/h13-16H2,1-12H3;17H,12-13H2,1-11H3;9-10H,1-6H3;3H,1H2,2H3;1-2H2. The molecule has 61 heavy (non-hydrogen) atoms. The Bertz CT molecular complexity index is 1130. The Morgan fingerprint density at radius 2 is 0.557 bits per heavy atom. The Kier molecular flexibility index (Phi) is 36.8. The molecule has 0 fully saturated rings. The zero-order chi connectivity index (χ0) is 50.3. The molecule has 0 radical (unpaired) electrons. The second-order valence-electron chi connectivity index (χ2n) is 23.4. The first-order valence-electron chi connectivity index (χ1n) is 23.3. The lowest BCUT2D eigenvalue weighted by Gasteiger charge is -2.40. The van der Waals surface area contributed by atoms with Crippen LogP contribution in [0, 0.1) is 0 Å². The summed E-state index contributed by atoms with van der Waals surface area (Å²) in [6, 6.07) is 6.01. The van der Waals surface area contributed by atoms with Crippen LogP contribution >= 0.6 is 0 Å². The third-order valence-corrected chi connectivity index (χ3v) is 50.6. The maximum absolute atomic E-state index is 6.70. The largest absolute Gasteiger partial charge is 0.456 e. The second kappa shape index (κ2) is 31.2. The fourth-order valence-electron chi connectivity index (χ4n) is 7.49. The van der Waals surface area contributed by atoms with Gasteiger partial charge in [0.05, 0.1) is 0 Å². The third kappa shape index (κ3) is 52.8. The summed E-state index contributed by atoms with van der Waals surface area (Å²) < 4.78 is 50.6. The number of hydrogen-bond donors (Lipinski definition) is 0. The molecule has 0 amide bonds. The minimum atomic E-state index is -2.05. The summed E-state index contributed by atoms with van der Waals surface area (Å²) in [5.41, 5.74) is 0. The molecule has 0 unspecified atom stereocenters. The van der Waals surface area contributed by atoms with E-state index in [1.807, 2.05) is 6.92 Å². The van der Waals surface area contributed by atoms with Crippen LogP contribution in [0.4, 0.5) is 0 Å². The average molecular weight is 1090 g/mol. The lowest BCUT2D eigenvalue weighted by atomic mass is 10.6. The third-order valence-electron chi connectivity index (χ3n) is 7.80. The Balaban J connectivity index is -0.000000256. The molecule has 0 saturated heterocycles. The summed E-state index contributed by atoms with van der Waals surface area (Å²) in [4.78, 5) is 0. The second-order valence-corrected chi connectivity index (χ2v) is 73.5. The highest BCUT2D eigenvalue weighted by Crippen LogP contribution is 2.30. The van der Waals surface area contributed by atoms with Crippen molar-refractivity contribution in [3.05, 3.63) is 25.8 Å². The monoisotopic (exact) mass is 1080 g/mol. The van der Waals surface area contributed by atoms with Crippen LogP contribution in [-0.4, -0.2) is 111 Å². The van der Waals surface area contributed by atoms with Crippen LogP contribution in [0.5, 0.6) is 0 Å². The zero-order valence-corrected chi connectivity index (χ0v) is 60.4. The van der Waals surface area contributed by atoms with E-state index >= 15 is 0 Å². The van der Waals surface area contributed by atoms with Gasteiger partial charge in [-0.05, 0) is 220 Å². The van der Waals surface area contributed by atoms with Crippen molar-refractivity contribution in [2.24, 2.45) is 0 Å². The number of rotatable bonds is 24. The van der Waals surface area contributed by atoms with E-state index in [4.69, 9.17) is 32.9 Å². The summed E-state index contributed by atoms with van der Waals surface area (Å²) in [5, 5.41) is 0. The molecule has 0 aromatic rings. The van der Waals surface area contributed by atoms with Gasteiger partial charge in [0.15, 0.2) is 85.3 Å². The normalized spacial score (nSPS) is 13.7. The van der Waals surface area contributed by atoms with Gasteiger partial charge in [-0.15, -0.1) is 19.7 Å². The molecular formula is C40H112O8Si13. The van der Waals surface area contributed by atoms with E-state index in [9.17, 15) is 0 Å². The first kappa shape index (κ1) is 72.0. The van der Waals surface area contributed by atoms with Gasteiger partial charge in [-0.25, -0.2) is 0 Å². The molecule has 0 saturated carbocycles. The first-order chi connectivity index (χ1) is 26.7. The molecule has 21 heteroatoms. The van der Waals surface area contributed by atoms with E-state index in [-0.39, 0.29) is 0 Å². The van der Waals surface area contributed by atoms with Gasteiger partial charge < -0.3 is 32.9 Å². The van der Waals surface area contributed by atoms with Gasteiger partial charge in [0, 0.05) is 0 Å². The first-order valence-corrected chi connectivity index (χ1v) is 62.5. The Morgan fingerprint density at radius 1 is 0.361 bits per heavy atom. The van der Waals surface area contributed by atoms with Gasteiger partial charge in [0.1, 0.15) is 0 Å². The van der Waals surface area contributed by atoms with Crippen molar-refractivity contribution < 1.29 is 32.9 Å². The van der Waals surface area contributed by atoms with E-state index in [1.54, 1.807) is 6.08 Å². The predicted octanol–water partition coefficient (Wildman–Crippen LogP) is 15.2. The van der Waals surface area contributed by atoms with Crippen molar-refractivity contribution in [3.63, 3.8) is 0 Å². The fraction of sp³-hybridized carbons (Fsp3) is 0.900. The van der Waals surface area contributed by atoms with Crippen molar-refractivity contribution in [3.8, 4) is 0 Å². The lowest BCUT2D eigenvalue weighted by Crippen LogP contribution is -2.53. The van der Waals surface area contributed by atoms with Crippen molar-refractivity contribution in [2.45, 2.75) is 234 Å². The van der Waals surface area contributed by atoms with Gasteiger partial charge in [-0.1, -0.05) is 19.4 Å². The lowest BCUT2D eigenvalue weighted by molar-refractivity contribution is 0.388. The minimum absolute atomic E-state index is 0.895. The van der Waals surface area contributed by atoms with E-state index in [0.717, 1.165) is 0 Å². The molecule has 0 spiro atoms. The SMILES string of the molecule is C=C.C=CC.CCC[Si](C)(C)O[Si](C)(C)O[Si](C)(C)CC[Si](C)(C)O[Si](C)(C)C.C[SiH](C)O[Si](C)(C)O[SiH](C)C.C[SiH](C)O[Si](C)(C)O[Si](C)(C)CC[Si](C)(C)O[Si](C)(C)C. The highest BCUT2D eigenvalue weighted by Gasteiger charge is 2.41. The molecule has 0 aromatic carbocycles. The molecule has 0 heterocycles. The molecule has 0 aliphatic heterocycles. The van der Waals surface area contributed by atoms with E-state index in [2.05, 4.69) is 210 Å². The molecule has 0 aliphatic rings. The van der Waals surface area contributed by atoms with Gasteiger partial charge in [-0.2, -0.15) is 0 Å². The topological polar surface area (TPSA) is 73.8 Å². The van der Waals surface area contributed by atoms with Crippen molar-refractivity contribution in [1.29, 1.82) is 0 Å². The van der Waals surface area contributed by atoms with Crippen LogP contribution in [0.1, 0.15) is 20.3 Å². The Morgan fingerprint density at radius 3 is 0.770 bits per heavy atom. The van der Waals surface area contributed by atoms with Crippen LogP contribution in [0.3, 0.4) is 0 Å². The minimum Gasteiger partial charge on any atom is -0.456 e. The molecule has 0 atom stereocenters. The molecule has 0 N–H and O–H groups in total. The molecular weight excluding hydrogens is 974 g/mol. The maximum Gasteiger partial charge on any atom is 0.311 e. The van der Waals surface area contributed by atoms with Gasteiger partial charge in [0.25, 0.3) is 0 Å². The zero-order valence-electron chi connectivity index (χ0n) is 46.9. The molecule has 8 nitrogen and oxygen atoms in total. The summed E-state index contributed by atoms with van der Waals surface area (Å²) in [5.74, 6) is 0.